The lowest BCUT2D eigenvalue weighted by atomic mass is 10.1. The molecule has 0 heterocycles. The first kappa shape index (κ1) is 15.5. The number of nitrogens with two attached hydrogens (primary N) is 1. The summed E-state index contributed by atoms with van der Waals surface area (Å²) >= 11 is 0. The van der Waals surface area contributed by atoms with Crippen molar-refractivity contribution in [2.75, 3.05) is 11.9 Å². The lowest BCUT2D eigenvalue weighted by molar-refractivity contribution is 0.624. The van der Waals surface area contributed by atoms with E-state index in [1.54, 1.807) is 18.0 Å². The molecule has 3 rings (SSSR count). The van der Waals surface area contributed by atoms with Crippen molar-refractivity contribution < 1.29 is 4.39 Å². The van der Waals surface area contributed by atoms with Gasteiger partial charge in [0, 0.05) is 18.1 Å². The zero-order chi connectivity index (χ0) is 17.1. The van der Waals surface area contributed by atoms with Gasteiger partial charge in [0.2, 0.25) is 5.96 Å². The van der Waals surface area contributed by atoms with Crippen LogP contribution in [0.15, 0.2) is 65.7 Å². The SMILES string of the molecule is CN(C(N)=Nc1cccc2ccccc12)c1ccc(F)c(C#N)c1. The summed E-state index contributed by atoms with van der Waals surface area (Å²) in [5, 5.41) is 11.0. The maximum atomic E-state index is 13.5. The number of nitriles is 1. The van der Waals surface area contributed by atoms with Crippen molar-refractivity contribution in [2.45, 2.75) is 0 Å². The standard InChI is InChI=1S/C19H15FN4/c1-24(15-9-10-17(20)14(11-15)12-21)19(22)23-18-8-4-6-13-5-2-3-7-16(13)18/h2-11H,1H3,(H2,22,23). The van der Waals surface area contributed by atoms with Crippen LogP contribution in [0, 0.1) is 17.1 Å². The van der Waals surface area contributed by atoms with Crippen molar-refractivity contribution in [3.8, 4) is 6.07 Å². The highest BCUT2D eigenvalue weighted by atomic mass is 19.1. The van der Waals surface area contributed by atoms with Gasteiger partial charge in [0.25, 0.3) is 0 Å². The molecule has 0 aliphatic heterocycles. The third-order valence-electron chi connectivity index (χ3n) is 3.80. The number of rotatable bonds is 2. The predicted octanol–water partition coefficient (Wildman–Crippen LogP) is 3.93. The molecular formula is C19H15FN4. The number of guanidine groups is 1. The Kier molecular flexibility index (Phi) is 4.13. The van der Waals surface area contributed by atoms with E-state index < -0.39 is 5.82 Å². The first-order valence-corrected chi connectivity index (χ1v) is 7.35. The minimum atomic E-state index is -0.556. The molecule has 5 heteroatoms. The second-order valence-corrected chi connectivity index (χ2v) is 5.30. The summed E-state index contributed by atoms with van der Waals surface area (Å²) in [4.78, 5) is 6.10. The number of hydrogen-bond acceptors (Lipinski definition) is 2. The van der Waals surface area contributed by atoms with Crippen LogP contribution in [-0.4, -0.2) is 13.0 Å². The zero-order valence-electron chi connectivity index (χ0n) is 13.1. The fourth-order valence-corrected chi connectivity index (χ4v) is 2.44. The highest BCUT2D eigenvalue weighted by Gasteiger charge is 2.10. The topological polar surface area (TPSA) is 65.4 Å². The molecule has 0 saturated carbocycles. The summed E-state index contributed by atoms with van der Waals surface area (Å²) in [7, 11) is 1.72. The lowest BCUT2D eigenvalue weighted by Crippen LogP contribution is -2.33. The van der Waals surface area contributed by atoms with Gasteiger partial charge in [0.15, 0.2) is 0 Å². The molecular weight excluding hydrogens is 303 g/mol. The summed E-state index contributed by atoms with van der Waals surface area (Å²) in [5.74, 6) is -0.305. The molecule has 0 spiro atoms. The summed E-state index contributed by atoms with van der Waals surface area (Å²) in [6.45, 7) is 0. The van der Waals surface area contributed by atoms with Crippen molar-refractivity contribution in [3.63, 3.8) is 0 Å². The Morgan fingerprint density at radius 1 is 1.12 bits per heavy atom. The van der Waals surface area contributed by atoms with Crippen molar-refractivity contribution in [2.24, 2.45) is 10.7 Å². The molecule has 3 aromatic rings. The molecule has 4 nitrogen and oxygen atoms in total. The Morgan fingerprint density at radius 3 is 2.67 bits per heavy atom. The molecule has 0 aliphatic carbocycles. The average molecular weight is 318 g/mol. The van der Waals surface area contributed by atoms with E-state index in [0.717, 1.165) is 16.5 Å². The van der Waals surface area contributed by atoms with Gasteiger partial charge in [0.1, 0.15) is 11.9 Å². The number of fused-ring (bicyclic) bond motifs is 1. The number of hydrogen-bond donors (Lipinski definition) is 1. The minimum absolute atomic E-state index is 0.0303. The van der Waals surface area contributed by atoms with Gasteiger partial charge in [-0.25, -0.2) is 9.38 Å². The number of anilines is 1. The second kappa shape index (κ2) is 6.39. The smallest absolute Gasteiger partial charge is 0.200 e. The van der Waals surface area contributed by atoms with Gasteiger partial charge in [-0.2, -0.15) is 5.26 Å². The number of aliphatic imine (C=N–C) groups is 1. The van der Waals surface area contributed by atoms with Crippen molar-refractivity contribution >= 4 is 28.1 Å². The van der Waals surface area contributed by atoms with Gasteiger partial charge in [-0.05, 0) is 29.7 Å². The van der Waals surface area contributed by atoms with E-state index in [9.17, 15) is 4.39 Å². The highest BCUT2D eigenvalue weighted by molar-refractivity contribution is 6.00. The zero-order valence-corrected chi connectivity index (χ0v) is 13.1. The molecule has 0 radical (unpaired) electrons. The Bertz CT molecular complexity index is 967. The number of nitrogens with zero attached hydrogens (tertiary/aromatic N) is 3. The maximum Gasteiger partial charge on any atom is 0.200 e. The van der Waals surface area contributed by atoms with E-state index in [0.29, 0.717) is 5.69 Å². The van der Waals surface area contributed by atoms with Crippen LogP contribution >= 0.6 is 0 Å². The van der Waals surface area contributed by atoms with Crippen molar-refractivity contribution in [3.05, 3.63) is 72.0 Å². The monoisotopic (exact) mass is 318 g/mol. The third-order valence-corrected chi connectivity index (χ3v) is 3.80. The van der Waals surface area contributed by atoms with Gasteiger partial charge < -0.3 is 10.6 Å². The molecule has 0 saturated heterocycles. The molecule has 0 atom stereocenters. The highest BCUT2D eigenvalue weighted by Crippen LogP contribution is 2.26. The second-order valence-electron chi connectivity index (χ2n) is 5.30. The van der Waals surface area contributed by atoms with Crippen LogP contribution in [0.4, 0.5) is 15.8 Å². The first-order valence-electron chi connectivity index (χ1n) is 7.35. The normalized spacial score (nSPS) is 11.3. The fourth-order valence-electron chi connectivity index (χ4n) is 2.44. The molecule has 0 amide bonds. The van der Waals surface area contributed by atoms with Crippen molar-refractivity contribution in [1.82, 2.24) is 0 Å². The van der Waals surface area contributed by atoms with Gasteiger partial charge in [-0.15, -0.1) is 0 Å². The quantitative estimate of drug-likeness (QED) is 0.575. The van der Waals surface area contributed by atoms with Gasteiger partial charge in [-0.3, -0.25) is 0 Å². The van der Waals surface area contributed by atoms with Crippen LogP contribution in [0.1, 0.15) is 5.56 Å². The number of benzene rings is 3. The molecule has 24 heavy (non-hydrogen) atoms. The summed E-state index contributed by atoms with van der Waals surface area (Å²) < 4.78 is 13.5. The molecule has 2 N–H and O–H groups in total. The van der Waals surface area contributed by atoms with Gasteiger partial charge >= 0.3 is 0 Å². The van der Waals surface area contributed by atoms with Crippen LogP contribution < -0.4 is 10.6 Å². The number of halogens is 1. The molecule has 0 fully saturated rings. The minimum Gasteiger partial charge on any atom is -0.369 e. The Morgan fingerprint density at radius 2 is 1.88 bits per heavy atom. The van der Waals surface area contributed by atoms with Gasteiger partial charge in [-0.1, -0.05) is 36.4 Å². The van der Waals surface area contributed by atoms with Crippen LogP contribution in [0.5, 0.6) is 0 Å². The largest absolute Gasteiger partial charge is 0.369 e. The van der Waals surface area contributed by atoms with Gasteiger partial charge in [0.05, 0.1) is 11.3 Å². The van der Waals surface area contributed by atoms with E-state index in [2.05, 4.69) is 4.99 Å². The Balaban J connectivity index is 2.00. The van der Waals surface area contributed by atoms with E-state index >= 15 is 0 Å². The molecule has 0 aromatic heterocycles. The molecule has 118 valence electrons. The molecule has 0 unspecified atom stereocenters. The van der Waals surface area contributed by atoms with Crippen molar-refractivity contribution in [1.29, 1.82) is 5.26 Å². The van der Waals surface area contributed by atoms with Crippen LogP contribution in [0.2, 0.25) is 0 Å². The molecule has 3 aromatic carbocycles. The Hall–Kier alpha value is -3.39. The third kappa shape index (κ3) is 2.90. The van der Waals surface area contributed by atoms with E-state index in [4.69, 9.17) is 11.0 Å². The summed E-state index contributed by atoms with van der Waals surface area (Å²) in [5.41, 5.74) is 7.41. The Labute approximate surface area is 139 Å². The van der Waals surface area contributed by atoms with Crippen LogP contribution in [-0.2, 0) is 0 Å². The van der Waals surface area contributed by atoms with E-state index in [1.165, 1.54) is 12.1 Å². The lowest BCUT2D eigenvalue weighted by Gasteiger charge is -2.18. The fraction of sp³-hybridized carbons (Fsp3) is 0.0526. The van der Waals surface area contributed by atoms with E-state index in [-0.39, 0.29) is 11.5 Å². The predicted molar refractivity (Wildman–Crippen MR) is 94.7 cm³/mol. The summed E-state index contributed by atoms with van der Waals surface area (Å²) in [6, 6.07) is 19.8. The van der Waals surface area contributed by atoms with E-state index in [1.807, 2.05) is 48.5 Å². The summed E-state index contributed by atoms with van der Waals surface area (Å²) in [6.07, 6.45) is 0. The average Bonchev–Trinajstić information content (AvgIpc) is 2.62. The molecule has 0 bridgehead atoms. The van der Waals surface area contributed by atoms with Crippen LogP contribution in [0.25, 0.3) is 10.8 Å². The first-order chi connectivity index (χ1) is 11.6. The van der Waals surface area contributed by atoms with Crippen LogP contribution in [0.3, 0.4) is 0 Å². The molecule has 0 aliphatic rings. The maximum absolute atomic E-state index is 13.5.